The Morgan fingerprint density at radius 3 is 1.38 bits per heavy atom. The first-order valence-corrected chi connectivity index (χ1v) is 13.5. The topological polar surface area (TPSA) is 77.4 Å². The van der Waals surface area contributed by atoms with Crippen molar-refractivity contribution in [1.82, 2.24) is 0 Å². The van der Waals surface area contributed by atoms with Gasteiger partial charge in [0.2, 0.25) is 0 Å². The fraction of sp³-hybridized carbons (Fsp3) is 1.00. The Kier molecular flexibility index (Phi) is 25.6. The molecule has 0 aliphatic rings. The predicted molar refractivity (Wildman–Crippen MR) is 119 cm³/mol. The molecule has 0 heterocycles. The van der Waals surface area contributed by atoms with E-state index in [4.69, 9.17) is 0 Å². The molecule has 0 aromatic rings. The molecule has 0 fully saturated rings. The van der Waals surface area contributed by atoms with E-state index in [0.29, 0.717) is 19.3 Å². The number of unbranched alkanes of at least 4 members (excludes halogenated alkanes) is 12. The fourth-order valence-electron chi connectivity index (χ4n) is 3.82. The molecule has 0 bridgehead atoms. The van der Waals surface area contributed by atoms with Crippen molar-refractivity contribution in [2.24, 2.45) is 0 Å². The molecule has 1 N–H and O–H groups in total. The number of aliphatic hydroxyl groups excluding tert-OH is 1. The summed E-state index contributed by atoms with van der Waals surface area (Å²) in [6, 6.07) is 0. The molecule has 0 spiro atoms. The van der Waals surface area contributed by atoms with Gasteiger partial charge in [0.25, 0.3) is 0 Å². The second-order valence-corrected chi connectivity index (χ2v) is 10.2. The summed E-state index contributed by atoms with van der Waals surface area (Å²) in [5, 5.41) is 9.35. The number of rotatable bonds is 21. The Morgan fingerprint density at radius 1 is 0.621 bits per heavy atom. The summed E-state index contributed by atoms with van der Waals surface area (Å²) < 4.78 is 34.1. The van der Waals surface area contributed by atoms with Gasteiger partial charge in [-0.3, -0.25) is 0 Å². The van der Waals surface area contributed by atoms with E-state index in [2.05, 4.69) is 13.8 Å². The van der Waals surface area contributed by atoms with Crippen molar-refractivity contribution in [3.8, 4) is 0 Å². The summed E-state index contributed by atoms with van der Waals surface area (Å²) in [7, 11) is -4.19. The summed E-state index contributed by atoms with van der Waals surface area (Å²) in [4.78, 5) is 0. The molecular formula is C23H47KO4S. The molecule has 0 rings (SSSR count). The zero-order chi connectivity index (χ0) is 21.1. The van der Waals surface area contributed by atoms with Gasteiger partial charge in [-0.2, -0.15) is 0 Å². The molecule has 29 heavy (non-hydrogen) atoms. The third-order valence-corrected chi connectivity index (χ3v) is 7.03. The number of aliphatic hydroxyl groups is 1. The number of hydrogen-bond donors (Lipinski definition) is 1. The van der Waals surface area contributed by atoms with Crippen LogP contribution in [0.25, 0.3) is 0 Å². The number of hydrogen-bond acceptors (Lipinski definition) is 4. The molecule has 0 aromatic carbocycles. The molecule has 6 heteroatoms. The largest absolute Gasteiger partial charge is 1.00 e. The predicted octanol–water partition coefficient (Wildman–Crippen LogP) is 3.72. The van der Waals surface area contributed by atoms with Crippen LogP contribution in [0.4, 0.5) is 0 Å². The van der Waals surface area contributed by atoms with Crippen molar-refractivity contribution in [2.45, 2.75) is 147 Å². The van der Waals surface area contributed by atoms with E-state index in [1.54, 1.807) is 0 Å². The van der Waals surface area contributed by atoms with E-state index in [0.717, 1.165) is 44.9 Å². The standard InChI is InChI=1S/C23H48O4S.K/c1-3-5-7-8-9-10-11-12-13-15-18-22(24)19-16-17-21-23(28(25,26)27)20-14-6-4-2;/h22-24H,3-21H2,1-2H3,(H,25,26,27);/q;+1/p-1. The minimum Gasteiger partial charge on any atom is -0.748 e. The molecule has 0 saturated heterocycles. The Balaban J connectivity index is 0. The van der Waals surface area contributed by atoms with Gasteiger partial charge in [-0.15, -0.1) is 0 Å². The summed E-state index contributed by atoms with van der Waals surface area (Å²) in [6.45, 7) is 4.31. The van der Waals surface area contributed by atoms with E-state index >= 15 is 0 Å². The van der Waals surface area contributed by atoms with Gasteiger partial charge >= 0.3 is 51.4 Å². The Labute approximate surface area is 224 Å². The van der Waals surface area contributed by atoms with E-state index in [1.165, 1.54) is 57.8 Å². The van der Waals surface area contributed by atoms with Gasteiger partial charge in [0.15, 0.2) is 0 Å². The van der Waals surface area contributed by atoms with Crippen molar-refractivity contribution < 1.29 is 69.5 Å². The van der Waals surface area contributed by atoms with Gasteiger partial charge in [0.1, 0.15) is 0 Å². The third-order valence-electron chi connectivity index (χ3n) is 5.74. The van der Waals surface area contributed by atoms with Crippen LogP contribution in [0.1, 0.15) is 136 Å². The van der Waals surface area contributed by atoms with Crippen LogP contribution in [0.2, 0.25) is 0 Å². The van der Waals surface area contributed by atoms with Crippen LogP contribution in [0.3, 0.4) is 0 Å². The first kappa shape index (κ1) is 32.7. The van der Waals surface area contributed by atoms with Crippen molar-refractivity contribution in [1.29, 1.82) is 0 Å². The zero-order valence-electron chi connectivity index (χ0n) is 19.7. The van der Waals surface area contributed by atoms with Gasteiger partial charge < -0.3 is 9.66 Å². The smallest absolute Gasteiger partial charge is 0.748 e. The van der Waals surface area contributed by atoms with Crippen LogP contribution in [-0.4, -0.2) is 29.4 Å². The average Bonchev–Trinajstić information content (AvgIpc) is 2.64. The van der Waals surface area contributed by atoms with Gasteiger partial charge in [-0.1, -0.05) is 110 Å². The normalized spacial score (nSPS) is 13.8. The Morgan fingerprint density at radius 2 is 0.931 bits per heavy atom. The molecule has 0 aromatic heterocycles. The van der Waals surface area contributed by atoms with Crippen molar-refractivity contribution in [3.63, 3.8) is 0 Å². The zero-order valence-corrected chi connectivity index (χ0v) is 23.6. The monoisotopic (exact) mass is 458 g/mol. The van der Waals surface area contributed by atoms with Crippen LogP contribution < -0.4 is 51.4 Å². The summed E-state index contributed by atoms with van der Waals surface area (Å²) >= 11 is 0. The van der Waals surface area contributed by atoms with Crippen LogP contribution >= 0.6 is 0 Å². The maximum atomic E-state index is 11.4. The van der Waals surface area contributed by atoms with Crippen LogP contribution in [0.5, 0.6) is 0 Å². The van der Waals surface area contributed by atoms with Gasteiger partial charge in [-0.05, 0) is 25.7 Å². The molecule has 0 aliphatic carbocycles. The van der Waals surface area contributed by atoms with E-state index in [-0.39, 0.29) is 57.5 Å². The van der Waals surface area contributed by atoms with Crippen LogP contribution in [0, 0.1) is 0 Å². The van der Waals surface area contributed by atoms with Crippen molar-refractivity contribution in [3.05, 3.63) is 0 Å². The molecule has 0 aliphatic heterocycles. The van der Waals surface area contributed by atoms with E-state index < -0.39 is 15.4 Å². The molecule has 4 nitrogen and oxygen atoms in total. The van der Waals surface area contributed by atoms with Crippen molar-refractivity contribution >= 4 is 10.1 Å². The summed E-state index contributed by atoms with van der Waals surface area (Å²) in [5.41, 5.74) is 0. The fourth-order valence-corrected chi connectivity index (χ4v) is 4.73. The molecule has 0 radical (unpaired) electrons. The van der Waals surface area contributed by atoms with E-state index in [1.807, 2.05) is 0 Å². The van der Waals surface area contributed by atoms with E-state index in [9.17, 15) is 18.1 Å². The molecule has 2 atom stereocenters. The van der Waals surface area contributed by atoms with Crippen LogP contribution in [-0.2, 0) is 10.1 Å². The summed E-state index contributed by atoms with van der Waals surface area (Å²) in [6.07, 6.45) is 19.5. The SMILES string of the molecule is CCCCCCCCCCCCC(O)CCCCC(CCCCC)S(=O)(=O)[O-].[K+]. The maximum absolute atomic E-state index is 11.4. The first-order chi connectivity index (χ1) is 13.4. The Hall–Kier alpha value is 1.51. The molecule has 0 saturated carbocycles. The summed E-state index contributed by atoms with van der Waals surface area (Å²) in [5.74, 6) is 0. The van der Waals surface area contributed by atoms with Crippen molar-refractivity contribution in [2.75, 3.05) is 0 Å². The molecular weight excluding hydrogens is 411 g/mol. The minimum absolute atomic E-state index is 0. The average molecular weight is 459 g/mol. The molecule has 2 unspecified atom stereocenters. The third kappa shape index (κ3) is 22.5. The van der Waals surface area contributed by atoms with Crippen LogP contribution in [0.15, 0.2) is 0 Å². The van der Waals surface area contributed by atoms with Gasteiger partial charge in [-0.25, -0.2) is 8.42 Å². The van der Waals surface area contributed by atoms with Gasteiger partial charge in [0, 0.05) is 5.25 Å². The maximum Gasteiger partial charge on any atom is 1.00 e. The second-order valence-electron chi connectivity index (χ2n) is 8.52. The minimum atomic E-state index is -4.19. The second kappa shape index (κ2) is 22.7. The quantitative estimate of drug-likeness (QED) is 0.162. The first-order valence-electron chi connectivity index (χ1n) is 12.0. The van der Waals surface area contributed by atoms with Gasteiger partial charge in [0.05, 0.1) is 16.2 Å². The molecule has 0 amide bonds. The molecule has 170 valence electrons. The Bertz CT molecular complexity index is 429.